The number of ether oxygens (including phenoxy) is 1. The number of aromatic amines is 2. The van der Waals surface area contributed by atoms with Crippen molar-refractivity contribution in [1.82, 2.24) is 9.97 Å². The number of nitrogens with one attached hydrogen (secondary N) is 3. The zero-order valence-corrected chi connectivity index (χ0v) is 11.6. The molecule has 0 radical (unpaired) electrons. The first kappa shape index (κ1) is 14.6. The van der Waals surface area contributed by atoms with Crippen LogP contribution in [0.4, 0.5) is 5.69 Å². The van der Waals surface area contributed by atoms with E-state index in [1.807, 2.05) is 18.8 Å². The zero-order chi connectivity index (χ0) is 15.4. The van der Waals surface area contributed by atoms with Gasteiger partial charge in [-0.15, -0.1) is 0 Å². The van der Waals surface area contributed by atoms with Crippen LogP contribution in [0, 0.1) is 0 Å². The van der Waals surface area contributed by atoms with Crippen LogP contribution in [-0.4, -0.2) is 22.0 Å². The van der Waals surface area contributed by atoms with Gasteiger partial charge >= 0.3 is 5.69 Å². The number of aromatic nitrogens is 2. The predicted octanol–water partition coefficient (Wildman–Crippen LogP) is 1.10. The summed E-state index contributed by atoms with van der Waals surface area (Å²) in [5.41, 5.74) is -1.16. The molecule has 1 aromatic heterocycles. The maximum absolute atomic E-state index is 12.1. The van der Waals surface area contributed by atoms with E-state index in [9.17, 15) is 14.4 Å². The zero-order valence-electron chi connectivity index (χ0n) is 11.6. The minimum Gasteiger partial charge on any atom is -0.489 e. The number of hydrogen-bond donors (Lipinski definition) is 3. The van der Waals surface area contributed by atoms with Gasteiger partial charge in [-0.1, -0.05) is 12.1 Å². The van der Waals surface area contributed by atoms with Gasteiger partial charge in [-0.25, -0.2) is 4.79 Å². The molecule has 1 aromatic carbocycles. The molecule has 110 valence electrons. The van der Waals surface area contributed by atoms with Crippen LogP contribution in [0.3, 0.4) is 0 Å². The van der Waals surface area contributed by atoms with Crippen LogP contribution < -0.4 is 21.3 Å². The number of amides is 1. The van der Waals surface area contributed by atoms with Gasteiger partial charge in [-0.3, -0.25) is 14.6 Å². The number of carbonyl (C=O) groups excluding carboxylic acids is 1. The van der Waals surface area contributed by atoms with Gasteiger partial charge in [0.05, 0.1) is 11.8 Å². The van der Waals surface area contributed by atoms with E-state index in [1.165, 1.54) is 0 Å². The average molecular weight is 289 g/mol. The van der Waals surface area contributed by atoms with Crippen molar-refractivity contribution in [2.45, 2.75) is 20.0 Å². The summed E-state index contributed by atoms with van der Waals surface area (Å²) in [6, 6.07) is 6.89. The molecule has 1 amide bonds. The van der Waals surface area contributed by atoms with Crippen molar-refractivity contribution in [2.75, 3.05) is 5.32 Å². The molecule has 0 aliphatic carbocycles. The second-order valence-corrected chi connectivity index (χ2v) is 4.60. The van der Waals surface area contributed by atoms with Gasteiger partial charge in [0.15, 0.2) is 0 Å². The Morgan fingerprint density at radius 1 is 1.24 bits per heavy atom. The number of anilines is 1. The Hall–Kier alpha value is -2.83. The van der Waals surface area contributed by atoms with E-state index >= 15 is 0 Å². The van der Waals surface area contributed by atoms with E-state index in [2.05, 4.69) is 10.3 Å². The number of rotatable bonds is 4. The highest BCUT2D eigenvalue weighted by Gasteiger charge is 2.14. The van der Waals surface area contributed by atoms with Crippen LogP contribution in [0.15, 0.2) is 40.1 Å². The Morgan fingerprint density at radius 3 is 2.62 bits per heavy atom. The van der Waals surface area contributed by atoms with Crippen molar-refractivity contribution in [3.63, 3.8) is 0 Å². The lowest BCUT2D eigenvalue weighted by atomic mass is 10.2. The minimum atomic E-state index is -0.751. The lowest BCUT2D eigenvalue weighted by Gasteiger charge is -2.14. The average Bonchev–Trinajstić information content (AvgIpc) is 2.40. The number of H-pyrrole nitrogens is 2. The molecule has 0 saturated carbocycles. The van der Waals surface area contributed by atoms with Crippen molar-refractivity contribution < 1.29 is 9.53 Å². The third-order valence-corrected chi connectivity index (χ3v) is 2.56. The van der Waals surface area contributed by atoms with Crippen molar-refractivity contribution >= 4 is 11.6 Å². The van der Waals surface area contributed by atoms with E-state index in [0.29, 0.717) is 11.4 Å². The van der Waals surface area contributed by atoms with E-state index in [4.69, 9.17) is 4.74 Å². The van der Waals surface area contributed by atoms with Gasteiger partial charge < -0.3 is 15.0 Å². The molecule has 2 aromatic rings. The minimum absolute atomic E-state index is 0.0560. The Kier molecular flexibility index (Phi) is 4.22. The second kappa shape index (κ2) is 6.08. The van der Waals surface area contributed by atoms with Crippen LogP contribution in [0.2, 0.25) is 0 Å². The number of carbonyl (C=O) groups is 1. The molecule has 1 heterocycles. The topological polar surface area (TPSA) is 104 Å². The van der Waals surface area contributed by atoms with Crippen molar-refractivity contribution in [1.29, 1.82) is 0 Å². The molecule has 7 heteroatoms. The predicted molar refractivity (Wildman–Crippen MR) is 77.8 cm³/mol. The summed E-state index contributed by atoms with van der Waals surface area (Å²) in [6.07, 6.45) is 1.02. The fourth-order valence-corrected chi connectivity index (χ4v) is 1.69. The molecule has 0 spiro atoms. The molecule has 7 nitrogen and oxygen atoms in total. The molecule has 2 rings (SSSR count). The molecular weight excluding hydrogens is 274 g/mol. The van der Waals surface area contributed by atoms with Gasteiger partial charge in [-0.2, -0.15) is 0 Å². The summed E-state index contributed by atoms with van der Waals surface area (Å²) in [7, 11) is 0. The third kappa shape index (κ3) is 3.59. The Morgan fingerprint density at radius 2 is 1.95 bits per heavy atom. The smallest absolute Gasteiger partial charge is 0.325 e. The molecular formula is C14H15N3O4. The Balaban J connectivity index is 2.27. The summed E-state index contributed by atoms with van der Waals surface area (Å²) in [5.74, 6) is -0.131. The van der Waals surface area contributed by atoms with Crippen LogP contribution in [0.5, 0.6) is 5.75 Å². The normalized spacial score (nSPS) is 10.4. The summed E-state index contributed by atoms with van der Waals surface area (Å²) < 4.78 is 5.57. The lowest BCUT2D eigenvalue weighted by molar-refractivity contribution is 0.102. The highest BCUT2D eigenvalue weighted by Crippen LogP contribution is 2.25. The van der Waals surface area contributed by atoms with E-state index < -0.39 is 17.2 Å². The second-order valence-electron chi connectivity index (χ2n) is 4.60. The van der Waals surface area contributed by atoms with Crippen molar-refractivity contribution in [3.8, 4) is 5.75 Å². The molecule has 0 fully saturated rings. The molecule has 0 unspecified atom stereocenters. The molecule has 0 bridgehead atoms. The number of hydrogen-bond acceptors (Lipinski definition) is 4. The van der Waals surface area contributed by atoms with Crippen LogP contribution >= 0.6 is 0 Å². The summed E-state index contributed by atoms with van der Waals surface area (Å²) in [4.78, 5) is 38.8. The highest BCUT2D eigenvalue weighted by molar-refractivity contribution is 6.04. The highest BCUT2D eigenvalue weighted by atomic mass is 16.5. The maximum Gasteiger partial charge on any atom is 0.325 e. The molecule has 3 N–H and O–H groups in total. The van der Waals surface area contributed by atoms with E-state index in [-0.39, 0.29) is 11.7 Å². The number of para-hydroxylation sites is 2. The fourth-order valence-electron chi connectivity index (χ4n) is 1.69. The third-order valence-electron chi connectivity index (χ3n) is 2.56. The Bertz CT molecular complexity index is 761. The summed E-state index contributed by atoms with van der Waals surface area (Å²) >= 11 is 0. The first-order chi connectivity index (χ1) is 9.97. The van der Waals surface area contributed by atoms with Gasteiger partial charge in [0.25, 0.3) is 11.5 Å². The maximum atomic E-state index is 12.1. The molecule has 21 heavy (non-hydrogen) atoms. The quantitative estimate of drug-likeness (QED) is 0.784. The summed E-state index contributed by atoms with van der Waals surface area (Å²) in [6.45, 7) is 3.73. The Labute approximate surface area is 120 Å². The fraction of sp³-hybridized carbons (Fsp3) is 0.214. The standard InChI is InChI=1S/C14H15N3O4/c1-8(2)21-11-6-4-3-5-10(11)16-12(18)9-7-15-14(20)17-13(9)19/h3-8H,1-2H3,(H,16,18)(H2,15,17,19,20). The van der Waals surface area contributed by atoms with Crippen LogP contribution in [0.1, 0.15) is 24.2 Å². The van der Waals surface area contributed by atoms with Crippen molar-refractivity contribution in [3.05, 3.63) is 56.9 Å². The number of benzene rings is 1. The molecule has 0 saturated heterocycles. The monoisotopic (exact) mass is 289 g/mol. The molecule has 0 aliphatic heterocycles. The SMILES string of the molecule is CC(C)Oc1ccccc1NC(=O)c1c[nH]c(=O)[nH]c1=O. The van der Waals surface area contributed by atoms with Crippen LogP contribution in [-0.2, 0) is 0 Å². The largest absolute Gasteiger partial charge is 0.489 e. The van der Waals surface area contributed by atoms with E-state index in [0.717, 1.165) is 6.20 Å². The van der Waals surface area contributed by atoms with Gasteiger partial charge in [-0.05, 0) is 26.0 Å². The van der Waals surface area contributed by atoms with Crippen LogP contribution in [0.25, 0.3) is 0 Å². The lowest BCUT2D eigenvalue weighted by Crippen LogP contribution is -2.29. The summed E-state index contributed by atoms with van der Waals surface area (Å²) in [5, 5.41) is 2.59. The first-order valence-corrected chi connectivity index (χ1v) is 6.36. The molecule has 0 atom stereocenters. The van der Waals surface area contributed by atoms with Crippen molar-refractivity contribution in [2.24, 2.45) is 0 Å². The molecule has 0 aliphatic rings. The van der Waals surface area contributed by atoms with Gasteiger partial charge in [0.2, 0.25) is 0 Å². The first-order valence-electron chi connectivity index (χ1n) is 6.36. The van der Waals surface area contributed by atoms with Gasteiger partial charge in [0, 0.05) is 6.20 Å². The van der Waals surface area contributed by atoms with Gasteiger partial charge in [0.1, 0.15) is 11.3 Å². The van der Waals surface area contributed by atoms with E-state index in [1.54, 1.807) is 24.3 Å².